The summed E-state index contributed by atoms with van der Waals surface area (Å²) < 4.78 is 14.0. The summed E-state index contributed by atoms with van der Waals surface area (Å²) in [5.74, 6) is 0.257. The summed E-state index contributed by atoms with van der Waals surface area (Å²) >= 11 is 0. The Bertz CT molecular complexity index is 849. The Morgan fingerprint density at radius 3 is 2.78 bits per heavy atom. The molecule has 0 bridgehead atoms. The molecule has 0 aliphatic carbocycles. The first-order valence-corrected chi connectivity index (χ1v) is 11.8. The van der Waals surface area contributed by atoms with E-state index in [1.165, 1.54) is 6.33 Å². The highest BCUT2D eigenvalue weighted by Gasteiger charge is 2.54. The van der Waals surface area contributed by atoms with E-state index < -0.39 is 32.7 Å². The van der Waals surface area contributed by atoms with Gasteiger partial charge in [-0.15, -0.1) is 0 Å². The van der Waals surface area contributed by atoms with Crippen LogP contribution in [0.5, 0.6) is 0 Å². The Kier molecular flexibility index (Phi) is 4.87. The summed E-state index contributed by atoms with van der Waals surface area (Å²) in [7, 11) is -2.19. The average Bonchev–Trinajstić information content (AvgIpc) is 3.16. The van der Waals surface area contributed by atoms with Crippen LogP contribution in [0.3, 0.4) is 0 Å². The van der Waals surface area contributed by atoms with E-state index in [1.807, 2.05) is 0 Å². The van der Waals surface area contributed by atoms with Crippen molar-refractivity contribution in [3.8, 4) is 0 Å². The van der Waals surface area contributed by atoms with Crippen molar-refractivity contribution in [2.24, 2.45) is 0 Å². The maximum absolute atomic E-state index is 11.9. The Hall–Kier alpha value is -1.88. The first-order valence-electron chi connectivity index (χ1n) is 8.91. The molecule has 1 aliphatic heterocycles. The highest BCUT2D eigenvalue weighted by molar-refractivity contribution is 6.74. The van der Waals surface area contributed by atoms with Gasteiger partial charge >= 0.3 is 0 Å². The van der Waals surface area contributed by atoms with E-state index in [4.69, 9.17) is 14.9 Å². The lowest BCUT2D eigenvalue weighted by Crippen LogP contribution is -2.53. The summed E-state index contributed by atoms with van der Waals surface area (Å²) in [6.07, 6.45) is 2.93. The van der Waals surface area contributed by atoms with Crippen LogP contribution in [0, 0.1) is 0 Å². The topological polar surface area (TPSA) is 125 Å². The minimum Gasteiger partial charge on any atom is -0.410 e. The van der Waals surface area contributed by atoms with E-state index in [1.54, 1.807) is 10.7 Å². The number of imidazole rings is 1. The predicted octanol–water partition coefficient (Wildman–Crippen LogP) is 1.49. The normalized spacial score (nSPS) is 26.6. The maximum atomic E-state index is 11.9. The molecule has 3 N–H and O–H groups in total. The van der Waals surface area contributed by atoms with Crippen molar-refractivity contribution in [2.75, 3.05) is 12.3 Å². The minimum atomic E-state index is -2.19. The van der Waals surface area contributed by atoms with Crippen LogP contribution in [0.4, 0.5) is 5.82 Å². The van der Waals surface area contributed by atoms with Crippen LogP contribution >= 0.6 is 0 Å². The second kappa shape index (κ2) is 6.62. The zero-order valence-corrected chi connectivity index (χ0v) is 17.3. The van der Waals surface area contributed by atoms with Crippen LogP contribution in [-0.2, 0) is 14.0 Å². The summed E-state index contributed by atoms with van der Waals surface area (Å²) in [4.78, 5) is 20.1. The van der Waals surface area contributed by atoms with Crippen LogP contribution in [-0.4, -0.2) is 57.6 Å². The van der Waals surface area contributed by atoms with Crippen LogP contribution in [0.2, 0.25) is 18.1 Å². The molecule has 1 saturated heterocycles. The van der Waals surface area contributed by atoms with Gasteiger partial charge in [0.2, 0.25) is 0 Å². The molecule has 10 heteroatoms. The number of nitrogens with zero attached hydrogens (tertiary/aromatic N) is 4. The van der Waals surface area contributed by atoms with Gasteiger partial charge in [0.25, 0.3) is 0 Å². The average molecular weight is 394 g/mol. The van der Waals surface area contributed by atoms with Crippen LogP contribution < -0.4 is 5.73 Å². The number of carbonyl (C=O) groups excluding carboxylic acids is 1. The van der Waals surface area contributed by atoms with E-state index in [2.05, 4.69) is 48.9 Å². The molecule has 2 aromatic heterocycles. The number of carbonyl (C=O) groups is 1. The summed E-state index contributed by atoms with van der Waals surface area (Å²) in [6, 6.07) is 0. The summed E-state index contributed by atoms with van der Waals surface area (Å²) in [6.45, 7) is 10.1. The SMILES string of the molecule is CC(C)(C)[Si](C)(C)O[C@H]1C[C@H](c2cnc3c(N)ncnn23)O[C@]1(C=O)CO. The first kappa shape index (κ1) is 19.9. The first-order chi connectivity index (χ1) is 12.5. The summed E-state index contributed by atoms with van der Waals surface area (Å²) in [5, 5.41) is 14.1. The molecule has 9 nitrogen and oxygen atoms in total. The number of aromatic nitrogens is 4. The van der Waals surface area contributed by atoms with E-state index >= 15 is 0 Å². The lowest BCUT2D eigenvalue weighted by Gasteiger charge is -2.41. The largest absolute Gasteiger partial charge is 0.410 e. The zero-order valence-electron chi connectivity index (χ0n) is 16.3. The quantitative estimate of drug-likeness (QED) is 0.578. The molecule has 3 atom stereocenters. The molecule has 148 valence electrons. The molecule has 3 rings (SSSR count). The monoisotopic (exact) mass is 393 g/mol. The molecule has 3 heterocycles. The fraction of sp³-hybridized carbons (Fsp3) is 0.647. The Morgan fingerprint density at radius 2 is 2.19 bits per heavy atom. The zero-order chi connectivity index (χ0) is 20.0. The number of aliphatic hydroxyl groups is 1. The predicted molar refractivity (Wildman–Crippen MR) is 102 cm³/mol. The third-order valence-corrected chi connectivity index (χ3v) is 10.2. The van der Waals surface area contributed by atoms with Crippen molar-refractivity contribution in [1.82, 2.24) is 19.6 Å². The maximum Gasteiger partial charge on any atom is 0.196 e. The molecule has 0 radical (unpaired) electrons. The molecule has 2 aromatic rings. The molecule has 0 amide bonds. The third kappa shape index (κ3) is 3.26. The molecule has 27 heavy (non-hydrogen) atoms. The molecule has 1 fully saturated rings. The fourth-order valence-electron chi connectivity index (χ4n) is 3.00. The van der Waals surface area contributed by atoms with Crippen molar-refractivity contribution in [3.63, 3.8) is 0 Å². The van der Waals surface area contributed by atoms with Crippen molar-refractivity contribution < 1.29 is 19.1 Å². The number of nitrogen functional groups attached to an aromatic ring is 1. The van der Waals surface area contributed by atoms with Gasteiger partial charge in [-0.05, 0) is 18.1 Å². The highest BCUT2D eigenvalue weighted by atomic mass is 28.4. The van der Waals surface area contributed by atoms with Crippen molar-refractivity contribution in [2.45, 2.75) is 63.1 Å². The van der Waals surface area contributed by atoms with Gasteiger partial charge in [-0.3, -0.25) is 4.79 Å². The molecule has 0 unspecified atom stereocenters. The second-order valence-corrected chi connectivity index (χ2v) is 13.3. The lowest BCUT2D eigenvalue weighted by atomic mass is 9.99. The van der Waals surface area contributed by atoms with E-state index in [0.717, 1.165) is 0 Å². The van der Waals surface area contributed by atoms with Gasteiger partial charge in [0.1, 0.15) is 12.4 Å². The van der Waals surface area contributed by atoms with Crippen molar-refractivity contribution in [1.29, 1.82) is 0 Å². The Labute approximate surface area is 159 Å². The van der Waals surface area contributed by atoms with Crippen molar-refractivity contribution >= 4 is 26.1 Å². The van der Waals surface area contributed by atoms with E-state index in [9.17, 15) is 9.90 Å². The van der Waals surface area contributed by atoms with Crippen LogP contribution in [0.25, 0.3) is 5.65 Å². The van der Waals surface area contributed by atoms with Crippen molar-refractivity contribution in [3.05, 3.63) is 18.2 Å². The van der Waals surface area contributed by atoms with Gasteiger partial charge in [-0.1, -0.05) is 20.8 Å². The number of nitrogens with two attached hydrogens (primary N) is 1. The number of anilines is 1. The van der Waals surface area contributed by atoms with Gasteiger partial charge in [-0.2, -0.15) is 5.10 Å². The fourth-order valence-corrected chi connectivity index (χ4v) is 4.36. The molecule has 0 aromatic carbocycles. The molecule has 1 aliphatic rings. The lowest BCUT2D eigenvalue weighted by molar-refractivity contribution is -0.145. The molecular weight excluding hydrogens is 366 g/mol. The molecular formula is C17H27N5O4Si. The highest BCUT2D eigenvalue weighted by Crippen LogP contribution is 2.45. The van der Waals surface area contributed by atoms with E-state index in [-0.39, 0.29) is 10.9 Å². The minimum absolute atomic E-state index is 0.0415. The van der Waals surface area contributed by atoms with Gasteiger partial charge in [0, 0.05) is 6.42 Å². The van der Waals surface area contributed by atoms with Gasteiger partial charge in [0.15, 0.2) is 31.7 Å². The van der Waals surface area contributed by atoms with Gasteiger partial charge < -0.3 is 20.0 Å². The van der Waals surface area contributed by atoms with Gasteiger partial charge in [-0.25, -0.2) is 14.5 Å². The Morgan fingerprint density at radius 1 is 1.48 bits per heavy atom. The smallest absolute Gasteiger partial charge is 0.196 e. The number of rotatable bonds is 5. The molecule has 0 saturated carbocycles. The number of aliphatic hydroxyl groups excluding tert-OH is 1. The number of aldehydes is 1. The Balaban J connectivity index is 1.96. The second-order valence-electron chi connectivity index (χ2n) is 8.50. The number of ether oxygens (including phenoxy) is 1. The standard InChI is InChI=1S/C17H27N5O4Si/c1-16(2,3)27(4,5)26-13-6-12(25-17(13,8-23)9-24)11-7-19-15-14(18)20-10-21-22(11)15/h7-8,10,12-13,24H,6,9H2,1-5H3,(H2,18,20,21)/t12-,13+,17-/m1/s1. The third-order valence-electron chi connectivity index (χ3n) is 5.71. The van der Waals surface area contributed by atoms with E-state index in [0.29, 0.717) is 24.0 Å². The van der Waals surface area contributed by atoms with Gasteiger partial charge in [0.05, 0.1) is 24.6 Å². The van der Waals surface area contributed by atoms with Crippen LogP contribution in [0.15, 0.2) is 12.5 Å². The molecule has 0 spiro atoms. The number of fused-ring (bicyclic) bond motifs is 1. The number of hydrogen-bond acceptors (Lipinski definition) is 8. The number of hydrogen-bond donors (Lipinski definition) is 2. The summed E-state index contributed by atoms with van der Waals surface area (Å²) in [5.41, 5.74) is 5.49. The van der Waals surface area contributed by atoms with Crippen LogP contribution in [0.1, 0.15) is 39.0 Å².